The van der Waals surface area contributed by atoms with E-state index in [0.717, 1.165) is 72.2 Å². The highest BCUT2D eigenvalue weighted by atomic mass is 16.5. The number of aromatic nitrogens is 2. The van der Waals surface area contributed by atoms with Gasteiger partial charge in [0.1, 0.15) is 17.6 Å². The van der Waals surface area contributed by atoms with E-state index < -0.39 is 0 Å². The molecule has 0 atom stereocenters. The highest BCUT2D eigenvalue weighted by Crippen LogP contribution is 2.29. The number of ketones is 1. The normalized spacial score (nSPS) is 14.8. The van der Waals surface area contributed by atoms with Gasteiger partial charge in [-0.3, -0.25) is 9.89 Å². The highest BCUT2D eigenvalue weighted by Gasteiger charge is 2.18. The third kappa shape index (κ3) is 5.78. The zero-order chi connectivity index (χ0) is 25.8. The number of carbonyl (C=O) groups is 1. The Morgan fingerprint density at radius 1 is 0.973 bits per heavy atom. The molecular formula is C32H37N3O2. The van der Waals surface area contributed by atoms with Crippen LogP contribution in [0.25, 0.3) is 22.2 Å². The first-order valence-electron chi connectivity index (χ1n) is 13.6. The number of nitrogens with zero attached hydrogens (tertiary/aromatic N) is 2. The van der Waals surface area contributed by atoms with Crippen molar-refractivity contribution in [2.45, 2.75) is 58.5 Å². The van der Waals surface area contributed by atoms with Gasteiger partial charge >= 0.3 is 0 Å². The molecule has 0 unspecified atom stereocenters. The monoisotopic (exact) mass is 495 g/mol. The Bertz CT molecular complexity index is 1340. The summed E-state index contributed by atoms with van der Waals surface area (Å²) in [4.78, 5) is 15.5. The van der Waals surface area contributed by atoms with E-state index in [4.69, 9.17) is 4.74 Å². The van der Waals surface area contributed by atoms with Crippen molar-refractivity contribution in [2.24, 2.45) is 0 Å². The Kier molecular flexibility index (Phi) is 7.71. The average Bonchev–Trinajstić information content (AvgIpc) is 3.34. The van der Waals surface area contributed by atoms with Crippen LogP contribution in [0.5, 0.6) is 5.75 Å². The Hall–Kier alpha value is -3.44. The van der Waals surface area contributed by atoms with E-state index in [2.05, 4.69) is 72.4 Å². The summed E-state index contributed by atoms with van der Waals surface area (Å²) in [6, 6.07) is 20.8. The fourth-order valence-corrected chi connectivity index (χ4v) is 5.44. The predicted molar refractivity (Wildman–Crippen MR) is 150 cm³/mol. The first-order chi connectivity index (χ1) is 18.0. The van der Waals surface area contributed by atoms with Crippen molar-refractivity contribution in [3.63, 3.8) is 0 Å². The van der Waals surface area contributed by atoms with E-state index in [0.29, 0.717) is 12.8 Å². The number of benzene rings is 3. The summed E-state index contributed by atoms with van der Waals surface area (Å²) in [5.41, 5.74) is 7.71. The number of aryl methyl sites for hydroxylation is 2. The van der Waals surface area contributed by atoms with Crippen LogP contribution < -0.4 is 4.74 Å². The van der Waals surface area contributed by atoms with Gasteiger partial charge in [0.05, 0.1) is 11.2 Å². The Morgan fingerprint density at radius 3 is 2.35 bits per heavy atom. The molecule has 1 aromatic heterocycles. The molecule has 37 heavy (non-hydrogen) atoms. The van der Waals surface area contributed by atoms with Crippen molar-refractivity contribution in [3.8, 4) is 17.0 Å². The van der Waals surface area contributed by atoms with E-state index in [-0.39, 0.29) is 11.9 Å². The lowest BCUT2D eigenvalue weighted by atomic mass is 9.92. The number of hydrogen-bond donors (Lipinski definition) is 1. The highest BCUT2D eigenvalue weighted by molar-refractivity contribution is 5.94. The molecule has 0 spiro atoms. The van der Waals surface area contributed by atoms with Crippen molar-refractivity contribution in [1.29, 1.82) is 0 Å². The van der Waals surface area contributed by atoms with E-state index in [1.807, 2.05) is 24.3 Å². The smallest absolute Gasteiger partial charge is 0.141 e. The van der Waals surface area contributed by atoms with Crippen LogP contribution in [0.3, 0.4) is 0 Å². The van der Waals surface area contributed by atoms with Crippen LogP contribution >= 0.6 is 0 Å². The number of Topliss-reactive ketones (excluding diaryl/α,β-unsaturated/α-hetero) is 1. The Labute approximate surface area is 219 Å². The molecule has 1 saturated heterocycles. The molecule has 1 aliphatic rings. The maximum Gasteiger partial charge on any atom is 0.141 e. The quantitative estimate of drug-likeness (QED) is 0.301. The van der Waals surface area contributed by atoms with E-state index in [1.54, 1.807) is 0 Å². The van der Waals surface area contributed by atoms with Crippen molar-refractivity contribution in [1.82, 2.24) is 15.1 Å². The van der Waals surface area contributed by atoms with E-state index >= 15 is 0 Å². The number of carbonyl (C=O) groups excluding carboxylic acids is 1. The molecule has 5 heteroatoms. The molecule has 3 aromatic carbocycles. The number of fused-ring (bicyclic) bond motifs is 1. The van der Waals surface area contributed by atoms with Gasteiger partial charge < -0.3 is 9.64 Å². The number of H-pyrrole nitrogens is 1. The van der Waals surface area contributed by atoms with E-state index in [9.17, 15) is 4.79 Å². The number of ether oxygens (including phenoxy) is 1. The predicted octanol–water partition coefficient (Wildman–Crippen LogP) is 6.18. The van der Waals surface area contributed by atoms with Gasteiger partial charge in [-0.25, -0.2) is 0 Å². The van der Waals surface area contributed by atoms with Crippen LogP contribution in [0.15, 0.2) is 60.7 Å². The van der Waals surface area contributed by atoms with Crippen LogP contribution in [0.2, 0.25) is 0 Å². The van der Waals surface area contributed by atoms with Gasteiger partial charge in [-0.1, -0.05) is 38.1 Å². The standard InChI is InChI=1S/C32H37N3O2/c1-4-23-7-6-8-24(5-2)29(23)21-26(36)19-22-9-14-31-30(20-22)32(34-33-31)25-10-12-27(13-11-25)37-28-15-17-35(3)18-16-28/h6-14,20,28H,4-5,15-19,21H2,1-3H3,(H,33,34). The van der Waals surface area contributed by atoms with Crippen LogP contribution in [0.4, 0.5) is 0 Å². The van der Waals surface area contributed by atoms with Gasteiger partial charge in [0.2, 0.25) is 0 Å². The molecule has 1 aliphatic heterocycles. The molecule has 0 radical (unpaired) electrons. The van der Waals surface area contributed by atoms with Crippen molar-refractivity contribution in [2.75, 3.05) is 20.1 Å². The second kappa shape index (κ2) is 11.3. The fourth-order valence-electron chi connectivity index (χ4n) is 5.44. The molecule has 0 amide bonds. The summed E-state index contributed by atoms with van der Waals surface area (Å²) in [6.07, 6.45) is 5.21. The van der Waals surface area contributed by atoms with Gasteiger partial charge in [-0.15, -0.1) is 0 Å². The van der Waals surface area contributed by atoms with E-state index in [1.165, 1.54) is 16.7 Å². The summed E-state index contributed by atoms with van der Waals surface area (Å²) >= 11 is 0. The lowest BCUT2D eigenvalue weighted by Crippen LogP contribution is -2.35. The average molecular weight is 496 g/mol. The molecule has 0 saturated carbocycles. The Balaban J connectivity index is 1.31. The molecule has 2 heterocycles. The minimum absolute atomic E-state index is 0.246. The van der Waals surface area contributed by atoms with Crippen LogP contribution in [-0.4, -0.2) is 47.1 Å². The summed E-state index contributed by atoms with van der Waals surface area (Å²) in [5.74, 6) is 1.15. The molecule has 4 aromatic rings. The maximum absolute atomic E-state index is 13.1. The van der Waals surface area contributed by atoms with Gasteiger partial charge in [0.15, 0.2) is 0 Å². The number of aromatic amines is 1. The SMILES string of the molecule is CCc1cccc(CC)c1CC(=O)Cc1ccc2[nH]nc(-c3ccc(OC4CCN(C)CC4)cc3)c2c1. The summed E-state index contributed by atoms with van der Waals surface area (Å²) in [6.45, 7) is 6.48. The van der Waals surface area contributed by atoms with Crippen molar-refractivity contribution < 1.29 is 9.53 Å². The molecule has 0 bridgehead atoms. The minimum atomic E-state index is 0.246. The molecular weight excluding hydrogens is 458 g/mol. The lowest BCUT2D eigenvalue weighted by Gasteiger charge is -2.29. The first kappa shape index (κ1) is 25.2. The molecule has 5 nitrogen and oxygen atoms in total. The molecule has 5 rings (SSSR count). The van der Waals surface area contributed by atoms with Gasteiger partial charge in [0, 0.05) is 36.9 Å². The third-order valence-corrected chi connectivity index (χ3v) is 7.63. The molecule has 0 aliphatic carbocycles. The molecule has 192 valence electrons. The number of piperidine rings is 1. The second-order valence-corrected chi connectivity index (χ2v) is 10.3. The lowest BCUT2D eigenvalue weighted by molar-refractivity contribution is -0.117. The summed E-state index contributed by atoms with van der Waals surface area (Å²) < 4.78 is 6.22. The van der Waals surface area contributed by atoms with Crippen molar-refractivity contribution in [3.05, 3.63) is 82.9 Å². The number of rotatable bonds is 9. The second-order valence-electron chi connectivity index (χ2n) is 10.3. The van der Waals surface area contributed by atoms with Gasteiger partial charge in [-0.05, 0) is 91.4 Å². The largest absolute Gasteiger partial charge is 0.490 e. The Morgan fingerprint density at radius 2 is 1.68 bits per heavy atom. The number of hydrogen-bond acceptors (Lipinski definition) is 4. The molecule has 1 fully saturated rings. The fraction of sp³-hybridized carbons (Fsp3) is 0.375. The first-order valence-corrected chi connectivity index (χ1v) is 13.6. The molecule has 1 N–H and O–H groups in total. The number of likely N-dealkylation sites (tertiary alicyclic amines) is 1. The van der Waals surface area contributed by atoms with Crippen LogP contribution in [-0.2, 0) is 30.5 Å². The van der Waals surface area contributed by atoms with Crippen LogP contribution in [0.1, 0.15) is 48.9 Å². The summed E-state index contributed by atoms with van der Waals surface area (Å²) in [5, 5.41) is 8.79. The van der Waals surface area contributed by atoms with Crippen LogP contribution in [0, 0.1) is 0 Å². The number of nitrogens with one attached hydrogen (secondary N) is 1. The van der Waals surface area contributed by atoms with Gasteiger partial charge in [-0.2, -0.15) is 5.10 Å². The van der Waals surface area contributed by atoms with Crippen molar-refractivity contribution >= 4 is 16.7 Å². The third-order valence-electron chi connectivity index (χ3n) is 7.63. The van der Waals surface area contributed by atoms with Gasteiger partial charge in [0.25, 0.3) is 0 Å². The topological polar surface area (TPSA) is 58.2 Å². The maximum atomic E-state index is 13.1. The summed E-state index contributed by atoms with van der Waals surface area (Å²) in [7, 11) is 2.16. The zero-order valence-corrected chi connectivity index (χ0v) is 22.2. The minimum Gasteiger partial charge on any atom is -0.490 e. The zero-order valence-electron chi connectivity index (χ0n) is 22.2.